The van der Waals surface area contributed by atoms with Gasteiger partial charge in [-0.1, -0.05) is 37.9 Å². The summed E-state index contributed by atoms with van der Waals surface area (Å²) in [5.74, 6) is 0. The van der Waals surface area contributed by atoms with E-state index in [0.29, 0.717) is 12.1 Å². The van der Waals surface area contributed by atoms with Crippen LogP contribution in [0.2, 0.25) is 0 Å². The Morgan fingerprint density at radius 3 is 3.06 bits per heavy atom. The van der Waals surface area contributed by atoms with Gasteiger partial charge in [-0.25, -0.2) is 0 Å². The predicted molar refractivity (Wildman–Crippen MR) is 81.5 cm³/mol. The third-order valence-corrected chi connectivity index (χ3v) is 5.08. The summed E-state index contributed by atoms with van der Waals surface area (Å²) in [7, 11) is 0. The van der Waals surface area contributed by atoms with Crippen LogP contribution in [-0.4, -0.2) is 25.3 Å². The zero-order valence-electron chi connectivity index (χ0n) is 10.2. The number of anilines is 1. The monoisotopic (exact) mass is 373 g/mol. The van der Waals surface area contributed by atoms with Crippen LogP contribution in [0.1, 0.15) is 24.8 Å². The molecule has 0 amide bonds. The Balaban J connectivity index is 1.95. The molecule has 4 heteroatoms. The Morgan fingerprint density at radius 1 is 1.33 bits per heavy atom. The maximum absolute atomic E-state index is 5.89. The van der Waals surface area contributed by atoms with Crippen molar-refractivity contribution in [3.05, 3.63) is 28.2 Å². The Morgan fingerprint density at radius 2 is 2.22 bits per heavy atom. The number of fused-ring (bicyclic) bond motifs is 1. The number of morpholine rings is 1. The number of hydrogen-bond acceptors (Lipinski definition) is 2. The molecule has 1 saturated heterocycles. The van der Waals surface area contributed by atoms with Crippen molar-refractivity contribution in [3.8, 4) is 0 Å². The van der Waals surface area contributed by atoms with E-state index in [-0.39, 0.29) is 0 Å². The number of nitrogens with zero attached hydrogens (tertiary/aromatic N) is 1. The van der Waals surface area contributed by atoms with Crippen molar-refractivity contribution in [2.24, 2.45) is 0 Å². The SMILES string of the molecule is BrCc1ccc(Br)cc1N1CCOC2CCCC21. The molecule has 2 aliphatic rings. The third kappa shape index (κ3) is 2.35. The van der Waals surface area contributed by atoms with E-state index in [9.17, 15) is 0 Å². The van der Waals surface area contributed by atoms with Gasteiger partial charge in [-0.3, -0.25) is 0 Å². The van der Waals surface area contributed by atoms with E-state index in [1.807, 2.05) is 0 Å². The fraction of sp³-hybridized carbons (Fsp3) is 0.571. The van der Waals surface area contributed by atoms with Gasteiger partial charge in [0, 0.05) is 22.0 Å². The van der Waals surface area contributed by atoms with Crippen LogP contribution >= 0.6 is 31.9 Å². The topological polar surface area (TPSA) is 12.5 Å². The molecule has 1 saturated carbocycles. The van der Waals surface area contributed by atoms with Gasteiger partial charge in [0.25, 0.3) is 0 Å². The maximum Gasteiger partial charge on any atom is 0.0779 e. The highest BCUT2D eigenvalue weighted by molar-refractivity contribution is 9.10. The fourth-order valence-corrected chi connectivity index (χ4v) is 3.97. The van der Waals surface area contributed by atoms with Crippen LogP contribution in [-0.2, 0) is 10.1 Å². The van der Waals surface area contributed by atoms with Crippen molar-refractivity contribution in [2.45, 2.75) is 36.7 Å². The van der Waals surface area contributed by atoms with Gasteiger partial charge in [0.05, 0.1) is 18.8 Å². The van der Waals surface area contributed by atoms with E-state index in [4.69, 9.17) is 4.74 Å². The first kappa shape index (κ1) is 12.9. The third-order valence-electron chi connectivity index (χ3n) is 3.98. The molecular weight excluding hydrogens is 358 g/mol. The first-order valence-electron chi connectivity index (χ1n) is 6.52. The van der Waals surface area contributed by atoms with E-state index in [1.165, 1.54) is 30.5 Å². The maximum atomic E-state index is 5.89. The lowest BCUT2D eigenvalue weighted by atomic mass is 10.1. The molecule has 2 unspecified atom stereocenters. The van der Waals surface area contributed by atoms with Crippen molar-refractivity contribution in [1.82, 2.24) is 0 Å². The molecule has 1 heterocycles. The molecule has 1 aliphatic carbocycles. The molecule has 0 N–H and O–H groups in total. The summed E-state index contributed by atoms with van der Waals surface area (Å²) in [5.41, 5.74) is 2.73. The molecular formula is C14H17Br2NO. The first-order valence-corrected chi connectivity index (χ1v) is 8.43. The average Bonchev–Trinajstić information content (AvgIpc) is 2.86. The Hall–Kier alpha value is -0.0600. The van der Waals surface area contributed by atoms with Gasteiger partial charge in [0.2, 0.25) is 0 Å². The zero-order valence-corrected chi connectivity index (χ0v) is 13.4. The minimum absolute atomic E-state index is 0.445. The molecule has 1 aromatic carbocycles. The Kier molecular flexibility index (Phi) is 3.97. The molecule has 3 rings (SSSR count). The highest BCUT2D eigenvalue weighted by Crippen LogP contribution is 2.36. The largest absolute Gasteiger partial charge is 0.374 e. The molecule has 2 atom stereocenters. The number of alkyl halides is 1. The van der Waals surface area contributed by atoms with Crippen molar-refractivity contribution in [1.29, 1.82) is 0 Å². The lowest BCUT2D eigenvalue weighted by molar-refractivity contribution is 0.0256. The lowest BCUT2D eigenvalue weighted by Gasteiger charge is -2.40. The van der Waals surface area contributed by atoms with Gasteiger partial charge in [-0.15, -0.1) is 0 Å². The molecule has 0 radical (unpaired) electrons. The van der Waals surface area contributed by atoms with E-state index in [2.05, 4.69) is 55.0 Å². The summed E-state index contributed by atoms with van der Waals surface area (Å²) >= 11 is 7.19. The number of halogens is 2. The van der Waals surface area contributed by atoms with Crippen molar-refractivity contribution < 1.29 is 4.74 Å². The molecule has 2 nitrogen and oxygen atoms in total. The van der Waals surface area contributed by atoms with Crippen LogP contribution in [0.25, 0.3) is 0 Å². The van der Waals surface area contributed by atoms with Gasteiger partial charge < -0.3 is 9.64 Å². The first-order chi connectivity index (χ1) is 8.79. The summed E-state index contributed by atoms with van der Waals surface area (Å²) < 4.78 is 7.05. The van der Waals surface area contributed by atoms with E-state index >= 15 is 0 Å². The van der Waals surface area contributed by atoms with Crippen LogP contribution in [0.5, 0.6) is 0 Å². The standard InChI is InChI=1S/C14H17Br2NO/c15-9-10-4-5-11(16)8-13(10)17-6-7-18-14-3-1-2-12(14)17/h4-5,8,12,14H,1-3,6-7,9H2. The van der Waals surface area contributed by atoms with E-state index in [1.54, 1.807) is 0 Å². The second-order valence-electron chi connectivity index (χ2n) is 5.01. The summed E-state index contributed by atoms with van der Waals surface area (Å²) in [6, 6.07) is 7.14. The van der Waals surface area contributed by atoms with E-state index in [0.717, 1.165) is 23.0 Å². The normalized spacial score (nSPS) is 27.3. The summed E-state index contributed by atoms with van der Waals surface area (Å²) in [4.78, 5) is 2.56. The minimum atomic E-state index is 0.445. The van der Waals surface area contributed by atoms with Gasteiger partial charge >= 0.3 is 0 Å². The van der Waals surface area contributed by atoms with Gasteiger partial charge in [0.1, 0.15) is 0 Å². The van der Waals surface area contributed by atoms with Crippen molar-refractivity contribution >= 4 is 37.5 Å². The average molecular weight is 375 g/mol. The Bertz CT molecular complexity index is 438. The lowest BCUT2D eigenvalue weighted by Crippen LogP contribution is -2.49. The van der Waals surface area contributed by atoms with Gasteiger partial charge in [-0.2, -0.15) is 0 Å². The highest BCUT2D eigenvalue weighted by atomic mass is 79.9. The van der Waals surface area contributed by atoms with E-state index < -0.39 is 0 Å². The number of ether oxygens (including phenoxy) is 1. The van der Waals surface area contributed by atoms with Crippen LogP contribution in [0, 0.1) is 0 Å². The molecule has 0 aromatic heterocycles. The smallest absolute Gasteiger partial charge is 0.0779 e. The molecule has 98 valence electrons. The van der Waals surface area contributed by atoms with Crippen LogP contribution < -0.4 is 4.90 Å². The zero-order chi connectivity index (χ0) is 12.5. The highest BCUT2D eigenvalue weighted by Gasteiger charge is 2.36. The van der Waals surface area contributed by atoms with Crippen molar-refractivity contribution in [2.75, 3.05) is 18.1 Å². The fourth-order valence-electron chi connectivity index (χ4n) is 3.14. The van der Waals surface area contributed by atoms with Crippen molar-refractivity contribution in [3.63, 3.8) is 0 Å². The second kappa shape index (κ2) is 5.51. The summed E-state index contributed by atoms with van der Waals surface area (Å²) in [5, 5.41) is 0.907. The number of rotatable bonds is 2. The second-order valence-corrected chi connectivity index (χ2v) is 6.48. The number of benzene rings is 1. The molecule has 1 aliphatic heterocycles. The molecule has 18 heavy (non-hydrogen) atoms. The van der Waals surface area contributed by atoms with Crippen LogP contribution in [0.4, 0.5) is 5.69 Å². The summed E-state index contributed by atoms with van der Waals surface area (Å²) in [6.45, 7) is 1.87. The minimum Gasteiger partial charge on any atom is -0.374 e. The Labute approximate surface area is 125 Å². The predicted octanol–water partition coefficient (Wildman–Crippen LogP) is 4.10. The molecule has 0 spiro atoms. The summed E-state index contributed by atoms with van der Waals surface area (Å²) in [6.07, 6.45) is 4.22. The van der Waals surface area contributed by atoms with Gasteiger partial charge in [0.15, 0.2) is 0 Å². The van der Waals surface area contributed by atoms with Gasteiger partial charge in [-0.05, 0) is 37.0 Å². The molecule has 2 fully saturated rings. The van der Waals surface area contributed by atoms with Crippen LogP contribution in [0.3, 0.4) is 0 Å². The number of hydrogen-bond donors (Lipinski definition) is 0. The molecule has 0 bridgehead atoms. The molecule has 1 aromatic rings. The van der Waals surface area contributed by atoms with Crippen LogP contribution in [0.15, 0.2) is 22.7 Å². The quantitative estimate of drug-likeness (QED) is 0.722.